The van der Waals surface area contributed by atoms with E-state index in [1.807, 2.05) is 11.9 Å². The molecule has 0 N–H and O–H groups in total. The highest BCUT2D eigenvalue weighted by Gasteiger charge is 2.19. The zero-order chi connectivity index (χ0) is 12.8. The fourth-order valence-electron chi connectivity index (χ4n) is 1.63. The van der Waals surface area contributed by atoms with Gasteiger partial charge in [0, 0.05) is 31.8 Å². The highest BCUT2D eigenvalue weighted by atomic mass is 19.1. The molecule has 1 aliphatic rings. The van der Waals surface area contributed by atoms with Crippen molar-refractivity contribution in [1.29, 1.82) is 0 Å². The van der Waals surface area contributed by atoms with Gasteiger partial charge in [0.1, 0.15) is 5.83 Å². The molecule has 0 aromatic rings. The SMILES string of the molecule is C=C(F)/C=C\C=C(/C)C(=O)N1CCN(C)CC1. The van der Waals surface area contributed by atoms with Gasteiger partial charge in [-0.2, -0.15) is 0 Å². The summed E-state index contributed by atoms with van der Waals surface area (Å²) in [5, 5.41) is 0. The molecule has 0 bridgehead atoms. The topological polar surface area (TPSA) is 23.6 Å². The van der Waals surface area contributed by atoms with Crippen molar-refractivity contribution in [2.75, 3.05) is 33.2 Å². The van der Waals surface area contributed by atoms with Crippen molar-refractivity contribution < 1.29 is 9.18 Å². The Labute approximate surface area is 102 Å². The monoisotopic (exact) mass is 238 g/mol. The molecule has 0 aliphatic carbocycles. The molecule has 0 spiro atoms. The Morgan fingerprint density at radius 2 is 1.88 bits per heavy atom. The summed E-state index contributed by atoms with van der Waals surface area (Å²) in [4.78, 5) is 16.0. The van der Waals surface area contributed by atoms with Gasteiger partial charge in [-0.15, -0.1) is 0 Å². The van der Waals surface area contributed by atoms with Gasteiger partial charge in [-0.05, 0) is 20.0 Å². The number of carbonyl (C=O) groups is 1. The molecule has 0 radical (unpaired) electrons. The van der Waals surface area contributed by atoms with Crippen LogP contribution in [-0.4, -0.2) is 48.9 Å². The van der Waals surface area contributed by atoms with E-state index in [1.54, 1.807) is 13.0 Å². The van der Waals surface area contributed by atoms with Gasteiger partial charge in [0.05, 0.1) is 0 Å². The molecule has 4 heteroatoms. The van der Waals surface area contributed by atoms with Gasteiger partial charge < -0.3 is 9.80 Å². The molecule has 94 valence electrons. The maximum Gasteiger partial charge on any atom is 0.249 e. The van der Waals surface area contributed by atoms with Crippen LogP contribution in [0, 0.1) is 0 Å². The van der Waals surface area contributed by atoms with Crippen LogP contribution >= 0.6 is 0 Å². The van der Waals surface area contributed by atoms with E-state index >= 15 is 0 Å². The Morgan fingerprint density at radius 1 is 1.29 bits per heavy atom. The lowest BCUT2D eigenvalue weighted by Crippen LogP contribution is -2.47. The number of hydrogen-bond donors (Lipinski definition) is 0. The third-order valence-electron chi connectivity index (χ3n) is 2.75. The Bertz CT molecular complexity index is 352. The quantitative estimate of drug-likeness (QED) is 0.552. The average Bonchev–Trinajstić information content (AvgIpc) is 2.28. The lowest BCUT2D eigenvalue weighted by molar-refractivity contribution is -0.128. The van der Waals surface area contributed by atoms with Crippen LogP contribution in [0.2, 0.25) is 0 Å². The van der Waals surface area contributed by atoms with Crippen molar-refractivity contribution in [1.82, 2.24) is 9.80 Å². The number of likely N-dealkylation sites (N-methyl/N-ethyl adjacent to an activating group) is 1. The zero-order valence-corrected chi connectivity index (χ0v) is 10.4. The van der Waals surface area contributed by atoms with Gasteiger partial charge in [0.2, 0.25) is 5.91 Å². The van der Waals surface area contributed by atoms with Crippen LogP contribution in [0.3, 0.4) is 0 Å². The van der Waals surface area contributed by atoms with Gasteiger partial charge in [0.25, 0.3) is 0 Å². The first-order valence-corrected chi connectivity index (χ1v) is 5.68. The van der Waals surface area contributed by atoms with Gasteiger partial charge in [-0.3, -0.25) is 4.79 Å². The molecule has 1 amide bonds. The van der Waals surface area contributed by atoms with Crippen molar-refractivity contribution in [3.8, 4) is 0 Å². The van der Waals surface area contributed by atoms with Gasteiger partial charge in [-0.25, -0.2) is 4.39 Å². The number of carbonyl (C=O) groups excluding carboxylic acids is 1. The summed E-state index contributed by atoms with van der Waals surface area (Å²) in [7, 11) is 2.04. The summed E-state index contributed by atoms with van der Waals surface area (Å²) in [5.41, 5.74) is 0.618. The molecular weight excluding hydrogens is 219 g/mol. The molecule has 0 atom stereocenters. The first kappa shape index (κ1) is 13.6. The van der Waals surface area contributed by atoms with Gasteiger partial charge in [0.15, 0.2) is 0 Å². The fourth-order valence-corrected chi connectivity index (χ4v) is 1.63. The lowest BCUT2D eigenvalue weighted by Gasteiger charge is -2.32. The molecule has 17 heavy (non-hydrogen) atoms. The van der Waals surface area contributed by atoms with Crippen LogP contribution in [0.25, 0.3) is 0 Å². The van der Waals surface area contributed by atoms with Crippen molar-refractivity contribution >= 4 is 5.91 Å². The van der Waals surface area contributed by atoms with Gasteiger partial charge >= 0.3 is 0 Å². The molecule has 0 aromatic carbocycles. The molecule has 0 unspecified atom stereocenters. The van der Waals surface area contributed by atoms with Gasteiger partial charge in [-0.1, -0.05) is 18.7 Å². The van der Waals surface area contributed by atoms with E-state index in [0.29, 0.717) is 5.57 Å². The van der Waals surface area contributed by atoms with Crippen molar-refractivity contribution in [3.63, 3.8) is 0 Å². The number of nitrogens with zero attached hydrogens (tertiary/aromatic N) is 2. The first-order valence-electron chi connectivity index (χ1n) is 5.68. The molecule has 1 aliphatic heterocycles. The minimum absolute atomic E-state index is 0.0206. The van der Waals surface area contributed by atoms with Crippen molar-refractivity contribution in [3.05, 3.63) is 36.2 Å². The Morgan fingerprint density at radius 3 is 2.41 bits per heavy atom. The summed E-state index contributed by atoms with van der Waals surface area (Å²) in [6.07, 6.45) is 4.36. The molecule has 1 saturated heterocycles. The third-order valence-corrected chi connectivity index (χ3v) is 2.75. The summed E-state index contributed by atoms with van der Waals surface area (Å²) in [6.45, 7) is 8.15. The number of piperazine rings is 1. The van der Waals surface area contributed by atoms with E-state index < -0.39 is 5.83 Å². The Balaban J connectivity index is 2.54. The third kappa shape index (κ3) is 4.53. The van der Waals surface area contributed by atoms with Crippen LogP contribution in [0.1, 0.15) is 6.92 Å². The minimum Gasteiger partial charge on any atom is -0.336 e. The number of amides is 1. The predicted octanol–water partition coefficient (Wildman–Crippen LogP) is 1.75. The maximum absolute atomic E-state index is 12.3. The minimum atomic E-state index is -0.513. The van der Waals surface area contributed by atoms with Crippen LogP contribution in [0.5, 0.6) is 0 Å². The number of halogens is 1. The number of rotatable bonds is 3. The summed E-state index contributed by atoms with van der Waals surface area (Å²) in [5.74, 6) is -0.492. The first-order chi connectivity index (χ1) is 8.00. The Kier molecular flexibility index (Phi) is 5.10. The normalized spacial score (nSPS) is 18.8. The van der Waals surface area contributed by atoms with E-state index in [2.05, 4.69) is 11.5 Å². The standard InChI is InChI=1S/C13H19FN2O/c1-11(5-4-6-12(2)14)13(17)16-9-7-15(3)8-10-16/h4-6H,2,7-10H2,1,3H3/b6-4-,11-5+. The van der Waals surface area contributed by atoms with E-state index in [4.69, 9.17) is 0 Å². The van der Waals surface area contributed by atoms with Crippen LogP contribution < -0.4 is 0 Å². The molecule has 3 nitrogen and oxygen atoms in total. The van der Waals surface area contributed by atoms with E-state index in [-0.39, 0.29) is 5.91 Å². The molecular formula is C13H19FN2O. The molecule has 1 rings (SSSR count). The summed E-state index contributed by atoms with van der Waals surface area (Å²) in [6, 6.07) is 0. The second kappa shape index (κ2) is 6.35. The summed E-state index contributed by atoms with van der Waals surface area (Å²) < 4.78 is 12.3. The predicted molar refractivity (Wildman–Crippen MR) is 67.2 cm³/mol. The zero-order valence-electron chi connectivity index (χ0n) is 10.4. The highest BCUT2D eigenvalue weighted by molar-refractivity contribution is 5.93. The molecule has 0 saturated carbocycles. The smallest absolute Gasteiger partial charge is 0.249 e. The van der Waals surface area contributed by atoms with E-state index in [1.165, 1.54) is 12.2 Å². The van der Waals surface area contributed by atoms with Crippen LogP contribution in [0.15, 0.2) is 36.2 Å². The number of allylic oxidation sites excluding steroid dienone is 4. The number of hydrogen-bond acceptors (Lipinski definition) is 2. The van der Waals surface area contributed by atoms with Crippen molar-refractivity contribution in [2.24, 2.45) is 0 Å². The highest BCUT2D eigenvalue weighted by Crippen LogP contribution is 2.06. The Hall–Kier alpha value is -1.42. The van der Waals surface area contributed by atoms with E-state index in [9.17, 15) is 9.18 Å². The van der Waals surface area contributed by atoms with Crippen molar-refractivity contribution in [2.45, 2.75) is 6.92 Å². The molecule has 1 heterocycles. The lowest BCUT2D eigenvalue weighted by atomic mass is 10.2. The average molecular weight is 238 g/mol. The summed E-state index contributed by atoms with van der Waals surface area (Å²) >= 11 is 0. The van der Waals surface area contributed by atoms with Crippen LogP contribution in [0.4, 0.5) is 4.39 Å². The molecule has 0 aromatic heterocycles. The second-order valence-electron chi connectivity index (χ2n) is 4.25. The maximum atomic E-state index is 12.3. The van der Waals surface area contributed by atoms with E-state index in [0.717, 1.165) is 26.2 Å². The fraction of sp³-hybridized carbons (Fsp3) is 0.462. The molecule has 1 fully saturated rings. The largest absolute Gasteiger partial charge is 0.336 e. The second-order valence-corrected chi connectivity index (χ2v) is 4.25. The van der Waals surface area contributed by atoms with Crippen LogP contribution in [-0.2, 0) is 4.79 Å².